The predicted octanol–water partition coefficient (Wildman–Crippen LogP) is 5.19. The van der Waals surface area contributed by atoms with Gasteiger partial charge >= 0.3 is 5.97 Å². The molecule has 3 aromatic carbocycles. The molecule has 0 heterocycles. The van der Waals surface area contributed by atoms with Crippen LogP contribution in [0.2, 0.25) is 0 Å². The number of hydrogen-bond acceptors (Lipinski definition) is 5. The van der Waals surface area contributed by atoms with Crippen LogP contribution in [0.1, 0.15) is 49.8 Å². The van der Waals surface area contributed by atoms with Crippen molar-refractivity contribution in [1.82, 2.24) is 9.62 Å². The summed E-state index contributed by atoms with van der Waals surface area (Å²) in [6, 6.07) is 19.1. The number of likely N-dealkylation sites (N-methyl/N-ethyl adjacent to an activating group) is 1. The van der Waals surface area contributed by atoms with Gasteiger partial charge in [0.05, 0.1) is 11.0 Å². The summed E-state index contributed by atoms with van der Waals surface area (Å²) in [6.07, 6.45) is 2.07. The summed E-state index contributed by atoms with van der Waals surface area (Å²) in [5.41, 5.74) is 3.51. The minimum Gasteiger partial charge on any atom is -0.481 e. The second-order valence-electron chi connectivity index (χ2n) is 11.2. The van der Waals surface area contributed by atoms with E-state index in [1.807, 2.05) is 18.2 Å². The number of β-amino-alcohol motifs (C(OH)–C–C–N with tert-alkyl or cyclic N) is 1. The summed E-state index contributed by atoms with van der Waals surface area (Å²) in [6.45, 7) is 6.04. The monoisotopic (exact) mass is 584 g/mol. The Morgan fingerprint density at radius 2 is 1.73 bits per heavy atom. The van der Waals surface area contributed by atoms with Gasteiger partial charge in [-0.15, -0.1) is 0 Å². The van der Waals surface area contributed by atoms with Gasteiger partial charge in [-0.3, -0.25) is 4.79 Å². The van der Waals surface area contributed by atoms with Gasteiger partial charge in [0.2, 0.25) is 10.0 Å². The molecule has 0 aliphatic heterocycles. The van der Waals surface area contributed by atoms with Gasteiger partial charge in [0.1, 0.15) is 5.82 Å². The van der Waals surface area contributed by atoms with Crippen LogP contribution in [0.25, 0.3) is 11.1 Å². The molecule has 3 aromatic rings. The Labute approximate surface area is 243 Å². The van der Waals surface area contributed by atoms with E-state index < -0.39 is 27.9 Å². The van der Waals surface area contributed by atoms with Crippen molar-refractivity contribution in [3.63, 3.8) is 0 Å². The molecule has 0 amide bonds. The summed E-state index contributed by atoms with van der Waals surface area (Å²) in [4.78, 5) is 11.1. The first kappa shape index (κ1) is 32.4. The largest absolute Gasteiger partial charge is 0.481 e. The Morgan fingerprint density at radius 3 is 2.39 bits per heavy atom. The van der Waals surface area contributed by atoms with Gasteiger partial charge in [-0.2, -0.15) is 4.31 Å². The van der Waals surface area contributed by atoms with E-state index in [0.29, 0.717) is 22.3 Å². The van der Waals surface area contributed by atoms with Crippen molar-refractivity contribution >= 4 is 16.0 Å². The lowest BCUT2D eigenvalue weighted by Crippen LogP contribution is -2.46. The van der Waals surface area contributed by atoms with Crippen molar-refractivity contribution in [3.8, 4) is 11.1 Å². The molecule has 0 saturated carbocycles. The number of aliphatic carboxylic acids is 1. The van der Waals surface area contributed by atoms with Crippen molar-refractivity contribution in [1.29, 1.82) is 0 Å². The number of nitrogens with one attached hydrogen (secondary N) is 1. The number of benzene rings is 3. The highest BCUT2D eigenvalue weighted by atomic mass is 32.2. The fourth-order valence-electron chi connectivity index (χ4n) is 4.86. The van der Waals surface area contributed by atoms with Crippen LogP contribution < -0.4 is 5.32 Å². The van der Waals surface area contributed by atoms with Crippen molar-refractivity contribution in [3.05, 3.63) is 89.2 Å². The zero-order valence-electron chi connectivity index (χ0n) is 24.2. The van der Waals surface area contributed by atoms with Gasteiger partial charge in [-0.25, -0.2) is 12.8 Å². The molecule has 3 N–H and O–H groups in total. The molecule has 7 nitrogen and oxygen atoms in total. The van der Waals surface area contributed by atoms with E-state index >= 15 is 0 Å². The third-order valence-corrected chi connectivity index (χ3v) is 9.09. The first-order valence-corrected chi connectivity index (χ1v) is 15.3. The molecule has 0 saturated heterocycles. The van der Waals surface area contributed by atoms with Gasteiger partial charge in [-0.05, 0) is 98.5 Å². The molecular formula is C32H41FN2O5S. The number of hydrogen-bond donors (Lipinski definition) is 3. The number of carboxylic acid groups (broad SMARTS) is 1. The molecule has 0 fully saturated rings. The molecule has 0 spiro atoms. The number of carbonyl (C=O) groups is 1. The summed E-state index contributed by atoms with van der Waals surface area (Å²) in [5.74, 6) is -1.41. The molecule has 222 valence electrons. The van der Waals surface area contributed by atoms with Crippen molar-refractivity contribution in [2.24, 2.45) is 0 Å². The maximum Gasteiger partial charge on any atom is 0.303 e. The highest BCUT2D eigenvalue weighted by Gasteiger charge is 2.25. The Kier molecular flexibility index (Phi) is 11.2. The first-order valence-electron chi connectivity index (χ1n) is 13.8. The normalized spacial score (nSPS) is 13.0. The van der Waals surface area contributed by atoms with Gasteiger partial charge in [-0.1, -0.05) is 42.5 Å². The lowest BCUT2D eigenvalue weighted by Gasteiger charge is -2.29. The number of halogens is 1. The Balaban J connectivity index is 1.62. The lowest BCUT2D eigenvalue weighted by molar-refractivity contribution is -0.136. The highest BCUT2D eigenvalue weighted by molar-refractivity contribution is 7.89. The fraction of sp³-hybridized carbons (Fsp3) is 0.406. The zero-order chi connectivity index (χ0) is 30.2. The van der Waals surface area contributed by atoms with Gasteiger partial charge < -0.3 is 15.5 Å². The number of aliphatic hydroxyl groups is 1. The Bertz CT molecular complexity index is 1430. The number of rotatable bonds is 15. The Hall–Kier alpha value is -3.11. The van der Waals surface area contributed by atoms with Crippen molar-refractivity contribution in [2.45, 2.75) is 69.4 Å². The average molecular weight is 585 g/mol. The fourth-order valence-corrected chi connectivity index (χ4v) is 6.15. The molecule has 0 aliphatic carbocycles. The SMILES string of the molecule is Cc1cc(S(=O)(=O)N(C)C[C@H](O)CNC(C)(C)CCCc2ccccc2)ccc1-c1cc(F)ccc1CCC(=O)O. The van der Waals surface area contributed by atoms with E-state index in [0.717, 1.165) is 23.6 Å². The molecule has 3 rings (SSSR count). The summed E-state index contributed by atoms with van der Waals surface area (Å²) in [7, 11) is -2.47. The van der Waals surface area contributed by atoms with Crippen LogP contribution >= 0.6 is 0 Å². The van der Waals surface area contributed by atoms with E-state index in [4.69, 9.17) is 5.11 Å². The van der Waals surface area contributed by atoms with Gasteiger partial charge in [0.25, 0.3) is 0 Å². The van der Waals surface area contributed by atoms with E-state index in [-0.39, 0.29) is 36.4 Å². The Morgan fingerprint density at radius 1 is 1.02 bits per heavy atom. The van der Waals surface area contributed by atoms with Crippen LogP contribution in [0.15, 0.2) is 71.6 Å². The van der Waals surface area contributed by atoms with Crippen LogP contribution in [0.3, 0.4) is 0 Å². The molecule has 41 heavy (non-hydrogen) atoms. The molecular weight excluding hydrogens is 543 g/mol. The number of aryl methyl sites for hydroxylation is 3. The molecule has 0 radical (unpaired) electrons. The van der Waals surface area contributed by atoms with Crippen molar-refractivity contribution in [2.75, 3.05) is 20.1 Å². The second-order valence-corrected chi connectivity index (χ2v) is 13.3. The van der Waals surface area contributed by atoms with Gasteiger partial charge in [0, 0.05) is 32.1 Å². The molecule has 0 unspecified atom stereocenters. The minimum atomic E-state index is -3.90. The van der Waals surface area contributed by atoms with Crippen LogP contribution in [-0.4, -0.2) is 60.7 Å². The molecule has 0 aromatic heterocycles. The maximum absolute atomic E-state index is 14.1. The van der Waals surface area contributed by atoms with Crippen LogP contribution in [-0.2, 0) is 27.7 Å². The first-order chi connectivity index (χ1) is 19.3. The number of sulfonamides is 1. The lowest BCUT2D eigenvalue weighted by atomic mass is 9.93. The smallest absolute Gasteiger partial charge is 0.303 e. The highest BCUT2D eigenvalue weighted by Crippen LogP contribution is 2.31. The summed E-state index contributed by atoms with van der Waals surface area (Å²) < 4.78 is 41.8. The quantitative estimate of drug-likeness (QED) is 0.227. The molecule has 1 atom stereocenters. The topological polar surface area (TPSA) is 107 Å². The molecule has 0 aliphatic rings. The van der Waals surface area contributed by atoms with E-state index in [1.54, 1.807) is 19.1 Å². The zero-order valence-corrected chi connectivity index (χ0v) is 25.0. The van der Waals surface area contributed by atoms with E-state index in [1.165, 1.54) is 36.9 Å². The third kappa shape index (κ3) is 9.46. The summed E-state index contributed by atoms with van der Waals surface area (Å²) >= 11 is 0. The minimum absolute atomic E-state index is 0.0612. The molecule has 9 heteroatoms. The number of nitrogens with zero attached hydrogens (tertiary/aromatic N) is 1. The predicted molar refractivity (Wildman–Crippen MR) is 160 cm³/mol. The summed E-state index contributed by atoms with van der Waals surface area (Å²) in [5, 5.41) is 23.1. The average Bonchev–Trinajstić information content (AvgIpc) is 2.91. The number of carboxylic acids is 1. The molecule has 0 bridgehead atoms. The van der Waals surface area contributed by atoms with Crippen LogP contribution in [0, 0.1) is 12.7 Å². The van der Waals surface area contributed by atoms with E-state index in [9.17, 15) is 22.7 Å². The maximum atomic E-state index is 14.1. The number of aliphatic hydroxyl groups excluding tert-OH is 1. The second kappa shape index (κ2) is 14.2. The van der Waals surface area contributed by atoms with Crippen LogP contribution in [0.5, 0.6) is 0 Å². The van der Waals surface area contributed by atoms with Crippen molar-refractivity contribution < 1.29 is 27.8 Å². The third-order valence-electron chi connectivity index (χ3n) is 7.27. The van der Waals surface area contributed by atoms with E-state index in [2.05, 4.69) is 31.3 Å². The standard InChI is InChI=1S/C32H41FN2O5S/c1-23-19-28(15-16-29(23)30-20-26(33)14-12-25(30)13-17-31(37)38)41(39,40)35(4)22-27(36)21-34-32(2,3)18-8-11-24-9-6-5-7-10-24/h5-7,9-10,12,14-16,19-20,27,34,36H,8,11,13,17-18,21-22H2,1-4H3,(H,37,38)/t27-/m1/s1. The van der Waals surface area contributed by atoms with Crippen LogP contribution in [0.4, 0.5) is 4.39 Å². The van der Waals surface area contributed by atoms with Gasteiger partial charge in [0.15, 0.2) is 0 Å².